The van der Waals surface area contributed by atoms with E-state index in [2.05, 4.69) is 16.0 Å². The Morgan fingerprint density at radius 1 is 0.857 bits per heavy atom. The molecule has 0 bridgehead atoms. The van der Waals surface area contributed by atoms with E-state index in [0.29, 0.717) is 42.5 Å². The fourth-order valence-electron chi connectivity index (χ4n) is 4.39. The molecule has 0 radical (unpaired) electrons. The highest BCUT2D eigenvalue weighted by molar-refractivity contribution is 5.98. The molecule has 2 aromatic carbocycles. The topological polar surface area (TPSA) is 97.9 Å². The summed E-state index contributed by atoms with van der Waals surface area (Å²) in [7, 11) is 4.71. The molecule has 190 valence electrons. The number of rotatable bonds is 12. The minimum Gasteiger partial charge on any atom is -0.497 e. The Hall–Kier alpha value is -3.42. The van der Waals surface area contributed by atoms with Crippen LogP contribution < -0.4 is 30.2 Å². The van der Waals surface area contributed by atoms with Gasteiger partial charge in [-0.05, 0) is 48.7 Å². The molecule has 0 aromatic heterocycles. The summed E-state index contributed by atoms with van der Waals surface area (Å²) in [6.07, 6.45) is 6.39. The lowest BCUT2D eigenvalue weighted by atomic mass is 9.84. The van der Waals surface area contributed by atoms with Gasteiger partial charge in [0.05, 0.1) is 21.3 Å². The van der Waals surface area contributed by atoms with E-state index in [1.807, 2.05) is 24.3 Å². The van der Waals surface area contributed by atoms with Crippen molar-refractivity contribution in [2.24, 2.45) is 5.92 Å². The van der Waals surface area contributed by atoms with Crippen LogP contribution in [-0.4, -0.2) is 52.3 Å². The predicted octanol–water partition coefficient (Wildman–Crippen LogP) is 4.01. The number of carbonyl (C=O) groups excluding carboxylic acids is 2. The van der Waals surface area contributed by atoms with Crippen LogP contribution in [0.4, 0.5) is 5.69 Å². The molecule has 1 fully saturated rings. The monoisotopic (exact) mass is 483 g/mol. The van der Waals surface area contributed by atoms with Gasteiger partial charge in [-0.25, -0.2) is 0 Å². The molecule has 3 rings (SSSR count). The minimum atomic E-state index is -0.608. The van der Waals surface area contributed by atoms with E-state index in [1.165, 1.54) is 33.5 Å². The number of benzene rings is 2. The molecule has 0 spiro atoms. The van der Waals surface area contributed by atoms with Crippen LogP contribution in [0.2, 0.25) is 0 Å². The van der Waals surface area contributed by atoms with Gasteiger partial charge in [-0.2, -0.15) is 0 Å². The van der Waals surface area contributed by atoms with Crippen molar-refractivity contribution in [1.29, 1.82) is 0 Å². The van der Waals surface area contributed by atoms with Crippen molar-refractivity contribution in [3.8, 4) is 17.2 Å². The Labute approximate surface area is 207 Å². The first kappa shape index (κ1) is 26.2. The third-order valence-electron chi connectivity index (χ3n) is 6.37. The molecule has 3 N–H and O–H groups in total. The van der Waals surface area contributed by atoms with Crippen LogP contribution in [0.1, 0.15) is 48.9 Å². The summed E-state index contributed by atoms with van der Waals surface area (Å²) in [5.41, 5.74) is 1.34. The van der Waals surface area contributed by atoms with Gasteiger partial charge in [0, 0.05) is 30.4 Å². The third kappa shape index (κ3) is 8.09. The van der Waals surface area contributed by atoms with E-state index >= 15 is 0 Å². The van der Waals surface area contributed by atoms with Crippen LogP contribution in [0, 0.1) is 5.92 Å². The highest BCUT2D eigenvalue weighted by Gasteiger charge is 2.26. The van der Waals surface area contributed by atoms with E-state index in [0.717, 1.165) is 24.3 Å². The Bertz CT molecular complexity index is 936. The average molecular weight is 484 g/mol. The van der Waals surface area contributed by atoms with Crippen molar-refractivity contribution in [2.75, 3.05) is 39.7 Å². The molecular formula is C27H37N3O5. The van der Waals surface area contributed by atoms with E-state index in [9.17, 15) is 9.59 Å². The van der Waals surface area contributed by atoms with Crippen molar-refractivity contribution in [3.63, 3.8) is 0 Å². The second-order valence-electron chi connectivity index (χ2n) is 8.81. The number of carbonyl (C=O) groups is 2. The van der Waals surface area contributed by atoms with Crippen LogP contribution in [0.25, 0.3) is 0 Å². The quantitative estimate of drug-likeness (QED) is 0.395. The zero-order chi connectivity index (χ0) is 25.0. The van der Waals surface area contributed by atoms with Crippen LogP contribution in [0.5, 0.6) is 17.2 Å². The maximum atomic E-state index is 13.1. The van der Waals surface area contributed by atoms with Crippen molar-refractivity contribution in [2.45, 2.75) is 44.6 Å². The Balaban J connectivity index is 1.60. The summed E-state index contributed by atoms with van der Waals surface area (Å²) in [6, 6.07) is 12.0. The number of ether oxygens (including phenoxy) is 3. The van der Waals surface area contributed by atoms with Gasteiger partial charge in [0.2, 0.25) is 5.91 Å². The van der Waals surface area contributed by atoms with Crippen LogP contribution >= 0.6 is 0 Å². The fraction of sp³-hybridized carbons (Fsp3) is 0.481. The SMILES string of the molecule is COc1ccc(NCCNC(=O)[C@H](CC2CCCCC2)NC(=O)c2cc(OC)cc(OC)c2)cc1. The van der Waals surface area contributed by atoms with E-state index in [-0.39, 0.29) is 11.8 Å². The lowest BCUT2D eigenvalue weighted by Crippen LogP contribution is -2.48. The van der Waals surface area contributed by atoms with Gasteiger partial charge in [0.15, 0.2) is 0 Å². The van der Waals surface area contributed by atoms with Crippen molar-refractivity contribution in [3.05, 3.63) is 48.0 Å². The summed E-state index contributed by atoms with van der Waals surface area (Å²) in [4.78, 5) is 26.2. The molecule has 1 aliphatic rings. The summed E-state index contributed by atoms with van der Waals surface area (Å²) in [5, 5.41) is 9.21. The molecule has 1 saturated carbocycles. The molecule has 8 heteroatoms. The van der Waals surface area contributed by atoms with Crippen molar-refractivity contribution >= 4 is 17.5 Å². The second-order valence-corrected chi connectivity index (χ2v) is 8.81. The van der Waals surface area contributed by atoms with Crippen molar-refractivity contribution < 1.29 is 23.8 Å². The zero-order valence-corrected chi connectivity index (χ0v) is 20.9. The number of hydrogen-bond donors (Lipinski definition) is 3. The lowest BCUT2D eigenvalue weighted by molar-refractivity contribution is -0.123. The Morgan fingerprint density at radius 3 is 2.09 bits per heavy atom. The summed E-state index contributed by atoms with van der Waals surface area (Å²) in [6.45, 7) is 1.00. The molecule has 35 heavy (non-hydrogen) atoms. The minimum absolute atomic E-state index is 0.171. The van der Waals surface area contributed by atoms with Crippen LogP contribution in [-0.2, 0) is 4.79 Å². The van der Waals surface area contributed by atoms with E-state index in [4.69, 9.17) is 14.2 Å². The van der Waals surface area contributed by atoms with Gasteiger partial charge in [-0.3, -0.25) is 9.59 Å². The highest BCUT2D eigenvalue weighted by atomic mass is 16.5. The molecule has 1 atom stereocenters. The smallest absolute Gasteiger partial charge is 0.252 e. The molecule has 0 unspecified atom stereocenters. The maximum Gasteiger partial charge on any atom is 0.252 e. The van der Waals surface area contributed by atoms with Gasteiger partial charge in [0.1, 0.15) is 23.3 Å². The fourth-order valence-corrected chi connectivity index (χ4v) is 4.39. The largest absolute Gasteiger partial charge is 0.497 e. The number of hydrogen-bond acceptors (Lipinski definition) is 6. The highest BCUT2D eigenvalue weighted by Crippen LogP contribution is 2.28. The summed E-state index contributed by atoms with van der Waals surface area (Å²) < 4.78 is 15.7. The predicted molar refractivity (Wildman–Crippen MR) is 136 cm³/mol. The number of amides is 2. The second kappa shape index (κ2) is 13.5. The molecule has 0 heterocycles. The molecule has 2 aromatic rings. The first-order chi connectivity index (χ1) is 17.0. The van der Waals surface area contributed by atoms with Crippen LogP contribution in [0.15, 0.2) is 42.5 Å². The first-order valence-electron chi connectivity index (χ1n) is 12.2. The molecule has 1 aliphatic carbocycles. The number of anilines is 1. The number of methoxy groups -OCH3 is 3. The molecular weight excluding hydrogens is 446 g/mol. The van der Waals surface area contributed by atoms with E-state index in [1.54, 1.807) is 25.3 Å². The van der Waals surface area contributed by atoms with Gasteiger partial charge in [-0.15, -0.1) is 0 Å². The van der Waals surface area contributed by atoms with Gasteiger partial charge in [0.25, 0.3) is 5.91 Å². The third-order valence-corrected chi connectivity index (χ3v) is 6.37. The zero-order valence-electron chi connectivity index (χ0n) is 20.9. The first-order valence-corrected chi connectivity index (χ1v) is 12.2. The lowest BCUT2D eigenvalue weighted by Gasteiger charge is -2.27. The van der Waals surface area contributed by atoms with Crippen LogP contribution in [0.3, 0.4) is 0 Å². The molecule has 8 nitrogen and oxygen atoms in total. The Morgan fingerprint density at radius 2 is 1.49 bits per heavy atom. The summed E-state index contributed by atoms with van der Waals surface area (Å²) in [5.74, 6) is 1.76. The van der Waals surface area contributed by atoms with Gasteiger partial charge in [-0.1, -0.05) is 32.1 Å². The standard InChI is InChI=1S/C27H37N3O5/c1-33-22-11-9-21(10-12-22)28-13-14-29-27(32)25(15-19-7-5-4-6-8-19)30-26(31)20-16-23(34-2)18-24(17-20)35-3/h9-12,16-19,25,28H,4-8,13-15H2,1-3H3,(H,29,32)(H,30,31)/t25-/m0/s1. The maximum absolute atomic E-state index is 13.1. The van der Waals surface area contributed by atoms with Gasteiger partial charge < -0.3 is 30.2 Å². The average Bonchev–Trinajstić information content (AvgIpc) is 2.91. The van der Waals surface area contributed by atoms with Gasteiger partial charge >= 0.3 is 0 Å². The Kier molecular flexibility index (Phi) is 10.1. The molecule has 0 saturated heterocycles. The number of nitrogens with one attached hydrogen (secondary N) is 3. The van der Waals surface area contributed by atoms with Crippen molar-refractivity contribution in [1.82, 2.24) is 10.6 Å². The summed E-state index contributed by atoms with van der Waals surface area (Å²) >= 11 is 0. The molecule has 0 aliphatic heterocycles. The van der Waals surface area contributed by atoms with E-state index < -0.39 is 6.04 Å². The normalized spacial score (nSPS) is 14.5. The molecule has 2 amide bonds.